The van der Waals surface area contributed by atoms with Gasteiger partial charge in [0.15, 0.2) is 0 Å². The third kappa shape index (κ3) is 7.39. The number of carbonyl (C=O) groups excluding carboxylic acids is 1. The lowest BCUT2D eigenvalue weighted by molar-refractivity contribution is -0.126. The van der Waals surface area contributed by atoms with E-state index >= 15 is 0 Å². The number of hydrogen-bond donors (Lipinski definition) is 1. The van der Waals surface area contributed by atoms with E-state index in [1.54, 1.807) is 0 Å². The average molecular weight is 541 g/mol. The number of rotatable bonds is 11. The average Bonchev–Trinajstić information content (AvgIpc) is 3.35. The summed E-state index contributed by atoms with van der Waals surface area (Å²) in [6, 6.07) is 16.0. The van der Waals surface area contributed by atoms with E-state index in [9.17, 15) is 4.79 Å². The summed E-state index contributed by atoms with van der Waals surface area (Å²) in [5.41, 5.74) is 2.13. The molecule has 1 aliphatic rings. The first-order chi connectivity index (χ1) is 17.1. The van der Waals surface area contributed by atoms with Crippen molar-refractivity contribution in [1.29, 1.82) is 0 Å². The molecule has 0 unspecified atom stereocenters. The second kappa shape index (κ2) is 12.8. The molecule has 1 N–H and O–H groups in total. The summed E-state index contributed by atoms with van der Waals surface area (Å²) in [5, 5.41) is 7.24. The van der Waals surface area contributed by atoms with Gasteiger partial charge in [-0.1, -0.05) is 46.2 Å². The largest absolute Gasteiger partial charge is 0.493 e. The molecule has 0 bridgehead atoms. The number of aryl methyl sites for hydroxylation is 1. The van der Waals surface area contributed by atoms with E-state index in [-0.39, 0.29) is 11.8 Å². The number of para-hydroxylation sites is 1. The number of nitrogens with zero attached hydrogens (tertiary/aromatic N) is 3. The Morgan fingerprint density at radius 3 is 2.71 bits per heavy atom. The van der Waals surface area contributed by atoms with Crippen LogP contribution in [0.5, 0.6) is 5.75 Å². The minimum atomic E-state index is 0.0624. The van der Waals surface area contributed by atoms with Crippen molar-refractivity contribution in [3.05, 3.63) is 64.5 Å². The standard InChI is InChI=1S/C27H33BrN4O3/c1-2-18-34-24-8-4-3-6-20(24)7-5-15-29-27(33)22-13-16-32(17-14-22)19-25-30-26(31-35-25)21-9-11-23(28)12-10-21/h3-4,6,8-12,22H,2,5,7,13-19H2,1H3,(H,29,33). The Hall–Kier alpha value is -2.71. The number of carbonyl (C=O) groups is 1. The summed E-state index contributed by atoms with van der Waals surface area (Å²) in [6.07, 6.45) is 4.46. The summed E-state index contributed by atoms with van der Waals surface area (Å²) < 4.78 is 12.3. The number of hydrogen-bond acceptors (Lipinski definition) is 6. The fourth-order valence-electron chi connectivity index (χ4n) is 4.28. The molecule has 0 atom stereocenters. The molecule has 8 heteroatoms. The van der Waals surface area contributed by atoms with Gasteiger partial charge < -0.3 is 14.6 Å². The lowest BCUT2D eigenvalue weighted by Crippen LogP contribution is -2.40. The Morgan fingerprint density at radius 2 is 1.94 bits per heavy atom. The van der Waals surface area contributed by atoms with Crippen LogP contribution in [0, 0.1) is 5.92 Å². The molecule has 0 spiro atoms. The lowest BCUT2D eigenvalue weighted by atomic mass is 9.96. The molecule has 0 radical (unpaired) electrons. The highest BCUT2D eigenvalue weighted by atomic mass is 79.9. The molecule has 1 fully saturated rings. The van der Waals surface area contributed by atoms with Crippen molar-refractivity contribution in [3.63, 3.8) is 0 Å². The van der Waals surface area contributed by atoms with Crippen molar-refractivity contribution in [1.82, 2.24) is 20.4 Å². The fourth-order valence-corrected chi connectivity index (χ4v) is 4.54. The van der Waals surface area contributed by atoms with E-state index in [1.807, 2.05) is 42.5 Å². The van der Waals surface area contributed by atoms with Gasteiger partial charge in [0.2, 0.25) is 17.6 Å². The summed E-state index contributed by atoms with van der Waals surface area (Å²) in [7, 11) is 0. The minimum Gasteiger partial charge on any atom is -0.493 e. The van der Waals surface area contributed by atoms with Gasteiger partial charge in [0.1, 0.15) is 5.75 Å². The molecule has 0 aliphatic carbocycles. The molecular formula is C27H33BrN4O3. The third-order valence-corrected chi connectivity index (χ3v) is 6.77. The lowest BCUT2D eigenvalue weighted by Gasteiger charge is -2.30. The van der Waals surface area contributed by atoms with Crippen molar-refractivity contribution < 1.29 is 14.1 Å². The molecule has 2 aromatic carbocycles. The van der Waals surface area contributed by atoms with Crippen molar-refractivity contribution in [2.75, 3.05) is 26.2 Å². The quantitative estimate of drug-likeness (QED) is 0.334. The van der Waals surface area contributed by atoms with E-state index in [4.69, 9.17) is 9.26 Å². The Balaban J connectivity index is 1.16. The first-order valence-corrected chi connectivity index (χ1v) is 13.2. The zero-order valence-electron chi connectivity index (χ0n) is 20.2. The number of amides is 1. The molecule has 1 saturated heterocycles. The number of likely N-dealkylation sites (tertiary alicyclic amines) is 1. The summed E-state index contributed by atoms with van der Waals surface area (Å²) >= 11 is 3.44. The van der Waals surface area contributed by atoms with E-state index < -0.39 is 0 Å². The first kappa shape index (κ1) is 25.4. The van der Waals surface area contributed by atoms with Crippen molar-refractivity contribution in [2.45, 2.75) is 45.6 Å². The molecule has 186 valence electrons. The number of ether oxygens (including phenoxy) is 1. The predicted octanol–water partition coefficient (Wildman–Crippen LogP) is 5.25. The smallest absolute Gasteiger partial charge is 0.241 e. The Labute approximate surface area is 215 Å². The van der Waals surface area contributed by atoms with Gasteiger partial charge in [-0.15, -0.1) is 0 Å². The maximum absolute atomic E-state index is 12.7. The maximum Gasteiger partial charge on any atom is 0.241 e. The molecule has 0 saturated carbocycles. The highest BCUT2D eigenvalue weighted by Gasteiger charge is 2.25. The topological polar surface area (TPSA) is 80.5 Å². The van der Waals surface area contributed by atoms with Gasteiger partial charge in [-0.3, -0.25) is 9.69 Å². The van der Waals surface area contributed by atoms with Crippen LogP contribution >= 0.6 is 15.9 Å². The minimum absolute atomic E-state index is 0.0624. The van der Waals surface area contributed by atoms with E-state index in [2.05, 4.69) is 49.3 Å². The molecule has 4 rings (SSSR count). The normalized spacial score (nSPS) is 14.7. The van der Waals surface area contributed by atoms with Crippen molar-refractivity contribution in [2.24, 2.45) is 5.92 Å². The van der Waals surface area contributed by atoms with Gasteiger partial charge >= 0.3 is 0 Å². The Kier molecular flexibility index (Phi) is 9.31. The van der Waals surface area contributed by atoms with Crippen LogP contribution < -0.4 is 10.1 Å². The molecule has 1 aliphatic heterocycles. The third-order valence-electron chi connectivity index (χ3n) is 6.24. The van der Waals surface area contributed by atoms with Gasteiger partial charge in [0.25, 0.3) is 0 Å². The van der Waals surface area contributed by atoms with Crippen LogP contribution in [0.4, 0.5) is 0 Å². The molecule has 1 amide bonds. The van der Waals surface area contributed by atoms with E-state index in [0.717, 1.165) is 67.6 Å². The van der Waals surface area contributed by atoms with Crippen molar-refractivity contribution >= 4 is 21.8 Å². The Morgan fingerprint density at radius 1 is 1.17 bits per heavy atom. The molecule has 2 heterocycles. The number of aromatic nitrogens is 2. The van der Waals surface area contributed by atoms with Gasteiger partial charge in [0, 0.05) is 22.5 Å². The van der Waals surface area contributed by atoms with Gasteiger partial charge in [-0.05, 0) is 81.1 Å². The van der Waals surface area contributed by atoms with Crippen LogP contribution in [0.2, 0.25) is 0 Å². The summed E-state index contributed by atoms with van der Waals surface area (Å²) in [6.45, 7) is 5.81. The van der Waals surface area contributed by atoms with Crippen LogP contribution in [0.3, 0.4) is 0 Å². The van der Waals surface area contributed by atoms with E-state index in [0.29, 0.717) is 24.8 Å². The van der Waals surface area contributed by atoms with Gasteiger partial charge in [-0.2, -0.15) is 4.98 Å². The zero-order chi connectivity index (χ0) is 24.5. The number of nitrogens with one attached hydrogen (secondary N) is 1. The maximum atomic E-state index is 12.7. The molecular weight excluding hydrogens is 508 g/mol. The number of halogens is 1. The highest BCUT2D eigenvalue weighted by molar-refractivity contribution is 9.10. The number of piperidine rings is 1. The van der Waals surface area contributed by atoms with Gasteiger partial charge in [0.05, 0.1) is 13.2 Å². The van der Waals surface area contributed by atoms with Crippen LogP contribution in [0.25, 0.3) is 11.4 Å². The van der Waals surface area contributed by atoms with Crippen LogP contribution in [-0.2, 0) is 17.8 Å². The zero-order valence-corrected chi connectivity index (χ0v) is 21.8. The fraction of sp³-hybridized carbons (Fsp3) is 0.444. The second-order valence-corrected chi connectivity index (χ2v) is 9.84. The first-order valence-electron chi connectivity index (χ1n) is 12.4. The van der Waals surface area contributed by atoms with Crippen LogP contribution in [0.15, 0.2) is 57.5 Å². The monoisotopic (exact) mass is 540 g/mol. The molecule has 1 aromatic heterocycles. The Bertz CT molecular complexity index is 1080. The van der Waals surface area contributed by atoms with Crippen molar-refractivity contribution in [3.8, 4) is 17.1 Å². The predicted molar refractivity (Wildman–Crippen MR) is 139 cm³/mol. The van der Waals surface area contributed by atoms with Crippen LogP contribution in [-0.4, -0.2) is 47.2 Å². The summed E-state index contributed by atoms with van der Waals surface area (Å²) in [5.74, 6) is 2.39. The highest BCUT2D eigenvalue weighted by Crippen LogP contribution is 2.22. The second-order valence-electron chi connectivity index (χ2n) is 8.92. The van der Waals surface area contributed by atoms with E-state index in [1.165, 1.54) is 5.56 Å². The number of benzene rings is 2. The van der Waals surface area contributed by atoms with Crippen LogP contribution in [0.1, 0.15) is 44.1 Å². The molecule has 7 nitrogen and oxygen atoms in total. The summed E-state index contributed by atoms with van der Waals surface area (Å²) in [4.78, 5) is 19.5. The SMILES string of the molecule is CCCOc1ccccc1CCCNC(=O)C1CCN(Cc2nc(-c3ccc(Br)cc3)no2)CC1. The molecule has 3 aromatic rings. The van der Waals surface area contributed by atoms with Gasteiger partial charge in [-0.25, -0.2) is 0 Å². The molecule has 35 heavy (non-hydrogen) atoms.